The number of nitrogens with two attached hydrogens (primary N) is 1. The van der Waals surface area contributed by atoms with Crippen molar-refractivity contribution in [2.75, 3.05) is 11.9 Å². The first kappa shape index (κ1) is 16.1. The van der Waals surface area contributed by atoms with Gasteiger partial charge in [0.05, 0.1) is 6.07 Å². The van der Waals surface area contributed by atoms with E-state index in [1.54, 1.807) is 0 Å². The van der Waals surface area contributed by atoms with Crippen molar-refractivity contribution in [3.05, 3.63) is 29.3 Å². The number of nitrogens with zero attached hydrogens (tertiary/aromatic N) is 2. The molecule has 0 bridgehead atoms. The van der Waals surface area contributed by atoms with E-state index in [0.29, 0.717) is 18.9 Å². The Morgan fingerprint density at radius 2 is 2.10 bits per heavy atom. The Kier molecular flexibility index (Phi) is 5.09. The standard InChI is InChI=1S/C16H20N4.HI/c17-9-8-16(6-7-16)11-19-15(18)20-14-5-4-12-2-1-3-13(12)10-14;/h4-5,10H,1-3,6-8,11H2,(H3,18,19,20);1H. The zero-order valence-corrected chi connectivity index (χ0v) is 14.4. The molecule has 0 heterocycles. The van der Waals surface area contributed by atoms with Crippen LogP contribution >= 0.6 is 24.0 Å². The minimum atomic E-state index is 0. The highest BCUT2D eigenvalue weighted by Crippen LogP contribution is 2.48. The van der Waals surface area contributed by atoms with Gasteiger partial charge >= 0.3 is 0 Å². The number of fused-ring (bicyclic) bond motifs is 1. The maximum atomic E-state index is 8.79. The summed E-state index contributed by atoms with van der Waals surface area (Å²) >= 11 is 0. The van der Waals surface area contributed by atoms with Crippen molar-refractivity contribution in [1.29, 1.82) is 5.26 Å². The topological polar surface area (TPSA) is 74.2 Å². The quantitative estimate of drug-likeness (QED) is 0.466. The van der Waals surface area contributed by atoms with Crippen molar-refractivity contribution >= 4 is 35.6 Å². The minimum absolute atomic E-state index is 0. The number of hydrogen-bond donors (Lipinski definition) is 2. The number of hydrogen-bond acceptors (Lipinski definition) is 2. The molecule has 0 unspecified atom stereocenters. The number of guanidine groups is 1. The Morgan fingerprint density at radius 1 is 1.33 bits per heavy atom. The molecule has 2 aliphatic carbocycles. The van der Waals surface area contributed by atoms with E-state index >= 15 is 0 Å². The molecular weight excluding hydrogens is 375 g/mol. The van der Waals surface area contributed by atoms with Crippen molar-refractivity contribution in [3.63, 3.8) is 0 Å². The van der Waals surface area contributed by atoms with E-state index in [2.05, 4.69) is 34.6 Å². The molecule has 5 heteroatoms. The Balaban J connectivity index is 0.00000161. The number of anilines is 1. The maximum Gasteiger partial charge on any atom is 0.193 e. The number of nitrogens with one attached hydrogen (secondary N) is 1. The van der Waals surface area contributed by atoms with Crippen LogP contribution in [0.15, 0.2) is 23.2 Å². The fraction of sp³-hybridized carbons (Fsp3) is 0.500. The van der Waals surface area contributed by atoms with Crippen LogP contribution in [0.1, 0.15) is 36.8 Å². The molecule has 1 aromatic carbocycles. The van der Waals surface area contributed by atoms with Crippen LogP contribution in [0.25, 0.3) is 0 Å². The van der Waals surface area contributed by atoms with Gasteiger partial charge in [-0.3, -0.25) is 4.99 Å². The van der Waals surface area contributed by atoms with Crippen molar-refractivity contribution in [2.24, 2.45) is 16.1 Å². The monoisotopic (exact) mass is 396 g/mol. The SMILES string of the molecule is I.N#CCC1(CN=C(N)Nc2ccc3c(c2)CCC3)CC1. The molecule has 2 aliphatic rings. The summed E-state index contributed by atoms with van der Waals surface area (Å²) in [4.78, 5) is 4.40. The van der Waals surface area contributed by atoms with Crippen molar-refractivity contribution in [3.8, 4) is 6.07 Å². The molecular formula is C16H21IN4. The van der Waals surface area contributed by atoms with Crippen LogP contribution < -0.4 is 11.1 Å². The number of rotatable bonds is 4. The summed E-state index contributed by atoms with van der Waals surface area (Å²) < 4.78 is 0. The van der Waals surface area contributed by atoms with Crippen LogP contribution in [-0.4, -0.2) is 12.5 Å². The molecule has 1 fully saturated rings. The summed E-state index contributed by atoms with van der Waals surface area (Å²) in [7, 11) is 0. The Morgan fingerprint density at radius 3 is 2.81 bits per heavy atom. The van der Waals surface area contributed by atoms with Crippen LogP contribution in [0.2, 0.25) is 0 Å². The Labute approximate surface area is 142 Å². The molecule has 1 saturated carbocycles. The smallest absolute Gasteiger partial charge is 0.193 e. The molecule has 0 aliphatic heterocycles. The fourth-order valence-electron chi connectivity index (χ4n) is 2.83. The zero-order chi connectivity index (χ0) is 14.0. The number of aliphatic imine (C=N–C) groups is 1. The first-order valence-corrected chi connectivity index (χ1v) is 7.27. The molecule has 0 saturated heterocycles. The highest BCUT2D eigenvalue weighted by molar-refractivity contribution is 14.0. The van der Waals surface area contributed by atoms with Gasteiger partial charge in [-0.05, 0) is 55.4 Å². The maximum absolute atomic E-state index is 8.79. The second kappa shape index (κ2) is 6.65. The van der Waals surface area contributed by atoms with Gasteiger partial charge in [-0.1, -0.05) is 6.07 Å². The van der Waals surface area contributed by atoms with E-state index in [9.17, 15) is 0 Å². The van der Waals surface area contributed by atoms with Gasteiger partial charge in [0.1, 0.15) is 0 Å². The van der Waals surface area contributed by atoms with Crippen LogP contribution in [0.3, 0.4) is 0 Å². The second-order valence-electron chi connectivity index (χ2n) is 6.00. The summed E-state index contributed by atoms with van der Waals surface area (Å²) in [5.74, 6) is 0.451. The molecule has 21 heavy (non-hydrogen) atoms. The molecule has 4 nitrogen and oxygen atoms in total. The molecule has 112 valence electrons. The highest BCUT2D eigenvalue weighted by atomic mass is 127. The average Bonchev–Trinajstić information content (AvgIpc) is 3.04. The van der Waals surface area contributed by atoms with Gasteiger partial charge in [0.15, 0.2) is 5.96 Å². The number of benzene rings is 1. The summed E-state index contributed by atoms with van der Waals surface area (Å²) in [6.45, 7) is 0.657. The van der Waals surface area contributed by atoms with Gasteiger partial charge in [0.2, 0.25) is 0 Å². The van der Waals surface area contributed by atoms with Crippen molar-refractivity contribution < 1.29 is 0 Å². The van der Waals surface area contributed by atoms with E-state index in [4.69, 9.17) is 11.0 Å². The zero-order valence-electron chi connectivity index (χ0n) is 12.1. The predicted octanol–water partition coefficient (Wildman–Crippen LogP) is 3.21. The van der Waals surface area contributed by atoms with Gasteiger partial charge < -0.3 is 11.1 Å². The lowest BCUT2D eigenvalue weighted by Crippen LogP contribution is -2.24. The van der Waals surface area contributed by atoms with Gasteiger partial charge in [0.25, 0.3) is 0 Å². The lowest BCUT2D eigenvalue weighted by molar-refractivity contribution is 0.540. The van der Waals surface area contributed by atoms with E-state index < -0.39 is 0 Å². The minimum Gasteiger partial charge on any atom is -0.370 e. The van der Waals surface area contributed by atoms with Crippen molar-refractivity contribution in [2.45, 2.75) is 38.5 Å². The lowest BCUT2D eigenvalue weighted by atomic mass is 10.0. The van der Waals surface area contributed by atoms with Gasteiger partial charge in [-0.25, -0.2) is 0 Å². The number of aryl methyl sites for hydroxylation is 2. The number of nitriles is 1. The third-order valence-electron chi connectivity index (χ3n) is 4.37. The third kappa shape index (κ3) is 3.88. The average molecular weight is 396 g/mol. The van der Waals surface area contributed by atoms with Gasteiger partial charge in [-0.15, -0.1) is 24.0 Å². The van der Waals surface area contributed by atoms with E-state index in [1.807, 2.05) is 0 Å². The molecule has 3 rings (SSSR count). The Bertz CT molecular complexity index is 584. The summed E-state index contributed by atoms with van der Waals surface area (Å²) in [5, 5.41) is 11.9. The fourth-order valence-corrected chi connectivity index (χ4v) is 2.83. The summed E-state index contributed by atoms with van der Waals surface area (Å²) in [5.41, 5.74) is 9.94. The highest BCUT2D eigenvalue weighted by Gasteiger charge is 2.42. The molecule has 0 amide bonds. The molecule has 3 N–H and O–H groups in total. The molecule has 0 radical (unpaired) electrons. The van der Waals surface area contributed by atoms with E-state index in [1.165, 1.54) is 24.0 Å². The van der Waals surface area contributed by atoms with E-state index in [0.717, 1.165) is 24.9 Å². The van der Waals surface area contributed by atoms with Crippen LogP contribution in [0.5, 0.6) is 0 Å². The van der Waals surface area contributed by atoms with Crippen molar-refractivity contribution in [1.82, 2.24) is 0 Å². The van der Waals surface area contributed by atoms with Gasteiger partial charge in [0, 0.05) is 24.1 Å². The normalized spacial score (nSPS) is 18.3. The number of halogens is 1. The first-order chi connectivity index (χ1) is 9.71. The van der Waals surface area contributed by atoms with E-state index in [-0.39, 0.29) is 29.4 Å². The largest absolute Gasteiger partial charge is 0.370 e. The molecule has 0 aromatic heterocycles. The molecule has 1 aromatic rings. The molecule has 0 atom stereocenters. The molecule has 0 spiro atoms. The predicted molar refractivity (Wildman–Crippen MR) is 95.9 cm³/mol. The Hall–Kier alpha value is -1.29. The summed E-state index contributed by atoms with van der Waals surface area (Å²) in [6.07, 6.45) is 6.37. The van der Waals surface area contributed by atoms with Crippen LogP contribution in [0, 0.1) is 16.7 Å². The second-order valence-corrected chi connectivity index (χ2v) is 6.00. The third-order valence-corrected chi connectivity index (χ3v) is 4.37. The van der Waals surface area contributed by atoms with Crippen LogP contribution in [0.4, 0.5) is 5.69 Å². The summed E-state index contributed by atoms with van der Waals surface area (Å²) in [6, 6.07) is 8.66. The van der Waals surface area contributed by atoms with Crippen LogP contribution in [-0.2, 0) is 12.8 Å². The van der Waals surface area contributed by atoms with Gasteiger partial charge in [-0.2, -0.15) is 5.26 Å². The first-order valence-electron chi connectivity index (χ1n) is 7.27. The lowest BCUT2D eigenvalue weighted by Gasteiger charge is -2.10.